The zero-order valence-electron chi connectivity index (χ0n) is 16.5. The molecule has 0 aliphatic heterocycles. The summed E-state index contributed by atoms with van der Waals surface area (Å²) in [6.45, 7) is 7.49. The van der Waals surface area contributed by atoms with Crippen LogP contribution in [-0.2, 0) is 16.1 Å². The van der Waals surface area contributed by atoms with Gasteiger partial charge in [-0.15, -0.1) is 0 Å². The van der Waals surface area contributed by atoms with E-state index in [0.717, 1.165) is 24.8 Å². The molecule has 1 fully saturated rings. The van der Waals surface area contributed by atoms with Crippen molar-refractivity contribution in [3.05, 3.63) is 23.8 Å². The quantitative estimate of drug-likeness (QED) is 0.619. The SMILES string of the molecule is COCCCOc1cc(COC(=O)N(C2CC2)C(C)(C)C)cc(OC)c1. The summed E-state index contributed by atoms with van der Waals surface area (Å²) < 4.78 is 21.7. The number of methoxy groups -OCH3 is 2. The molecule has 0 atom stereocenters. The van der Waals surface area contributed by atoms with Gasteiger partial charge in [-0.3, -0.25) is 0 Å². The molecule has 0 radical (unpaired) electrons. The van der Waals surface area contributed by atoms with Crippen LogP contribution in [0.5, 0.6) is 11.5 Å². The van der Waals surface area contributed by atoms with Crippen LogP contribution >= 0.6 is 0 Å². The summed E-state index contributed by atoms with van der Waals surface area (Å²) in [4.78, 5) is 14.4. The molecule has 0 heterocycles. The van der Waals surface area contributed by atoms with Crippen LogP contribution in [0.4, 0.5) is 4.79 Å². The van der Waals surface area contributed by atoms with Crippen molar-refractivity contribution in [2.75, 3.05) is 27.4 Å². The normalized spacial score (nSPS) is 14.0. The van der Waals surface area contributed by atoms with Gasteiger partial charge in [0.2, 0.25) is 0 Å². The van der Waals surface area contributed by atoms with Gasteiger partial charge in [-0.2, -0.15) is 0 Å². The van der Waals surface area contributed by atoms with Gasteiger partial charge in [-0.25, -0.2) is 4.79 Å². The molecule has 2 rings (SSSR count). The van der Waals surface area contributed by atoms with Crippen molar-refractivity contribution in [2.24, 2.45) is 0 Å². The summed E-state index contributed by atoms with van der Waals surface area (Å²) in [5, 5.41) is 0. The lowest BCUT2D eigenvalue weighted by Gasteiger charge is -2.34. The molecule has 0 N–H and O–H groups in total. The number of ether oxygens (including phenoxy) is 4. The monoisotopic (exact) mass is 365 g/mol. The minimum absolute atomic E-state index is 0.184. The first-order valence-corrected chi connectivity index (χ1v) is 9.11. The van der Waals surface area contributed by atoms with Gasteiger partial charge in [0.25, 0.3) is 0 Å². The molecule has 1 amide bonds. The summed E-state index contributed by atoms with van der Waals surface area (Å²) in [5.41, 5.74) is 0.589. The van der Waals surface area contributed by atoms with Crippen molar-refractivity contribution in [3.63, 3.8) is 0 Å². The lowest BCUT2D eigenvalue weighted by atomic mass is 10.1. The average Bonchev–Trinajstić information content (AvgIpc) is 3.40. The second kappa shape index (κ2) is 9.12. The fourth-order valence-corrected chi connectivity index (χ4v) is 2.83. The van der Waals surface area contributed by atoms with Crippen LogP contribution in [0.25, 0.3) is 0 Å². The molecule has 6 heteroatoms. The Morgan fingerprint density at radius 1 is 1.12 bits per heavy atom. The number of hydrogen-bond acceptors (Lipinski definition) is 5. The van der Waals surface area contributed by atoms with Crippen molar-refractivity contribution >= 4 is 6.09 Å². The van der Waals surface area contributed by atoms with Crippen molar-refractivity contribution in [3.8, 4) is 11.5 Å². The Bertz CT molecular complexity index is 592. The summed E-state index contributed by atoms with van der Waals surface area (Å²) in [6, 6.07) is 5.85. The molecule has 0 bridgehead atoms. The molecular weight excluding hydrogens is 334 g/mol. The number of nitrogens with zero attached hydrogens (tertiary/aromatic N) is 1. The molecular formula is C20H31NO5. The lowest BCUT2D eigenvalue weighted by molar-refractivity contribution is 0.0586. The molecule has 1 aromatic carbocycles. The van der Waals surface area contributed by atoms with Crippen molar-refractivity contribution in [1.82, 2.24) is 4.90 Å². The molecule has 0 unspecified atom stereocenters. The first kappa shape index (κ1) is 20.4. The summed E-state index contributed by atoms with van der Waals surface area (Å²) in [6.07, 6.45) is 2.63. The Balaban J connectivity index is 1.98. The second-order valence-corrected chi connectivity index (χ2v) is 7.54. The van der Waals surface area contributed by atoms with Gasteiger partial charge < -0.3 is 23.8 Å². The fourth-order valence-electron chi connectivity index (χ4n) is 2.83. The highest BCUT2D eigenvalue weighted by molar-refractivity contribution is 5.69. The molecule has 1 aliphatic carbocycles. The summed E-state index contributed by atoms with van der Waals surface area (Å²) >= 11 is 0. The third kappa shape index (κ3) is 6.09. The van der Waals surface area contributed by atoms with Crippen LogP contribution in [0.1, 0.15) is 45.6 Å². The van der Waals surface area contributed by atoms with Crippen LogP contribution in [-0.4, -0.2) is 50.0 Å². The minimum Gasteiger partial charge on any atom is -0.497 e. The van der Waals surface area contributed by atoms with E-state index in [9.17, 15) is 4.79 Å². The van der Waals surface area contributed by atoms with Gasteiger partial charge in [0.05, 0.1) is 13.7 Å². The van der Waals surface area contributed by atoms with Gasteiger partial charge in [0, 0.05) is 37.8 Å². The van der Waals surface area contributed by atoms with Crippen molar-refractivity contribution in [1.29, 1.82) is 0 Å². The van der Waals surface area contributed by atoms with Crippen molar-refractivity contribution in [2.45, 2.75) is 58.2 Å². The maximum absolute atomic E-state index is 12.6. The van der Waals surface area contributed by atoms with Crippen LogP contribution in [0.2, 0.25) is 0 Å². The Morgan fingerprint density at radius 3 is 2.38 bits per heavy atom. The molecule has 0 aromatic heterocycles. The number of rotatable bonds is 9. The molecule has 1 saturated carbocycles. The first-order valence-electron chi connectivity index (χ1n) is 9.11. The molecule has 1 aliphatic rings. The molecule has 1 aromatic rings. The van der Waals surface area contributed by atoms with E-state index >= 15 is 0 Å². The van der Waals surface area contributed by atoms with Gasteiger partial charge in [-0.1, -0.05) is 0 Å². The predicted octanol–water partition coefficient (Wildman–Crippen LogP) is 4.01. The largest absolute Gasteiger partial charge is 0.497 e. The van der Waals surface area contributed by atoms with E-state index in [1.807, 2.05) is 43.9 Å². The number of hydrogen-bond donors (Lipinski definition) is 0. The van der Waals surface area contributed by atoms with E-state index in [0.29, 0.717) is 30.8 Å². The van der Waals surface area contributed by atoms with Gasteiger partial charge in [-0.05, 0) is 51.3 Å². The number of carbonyl (C=O) groups is 1. The number of benzene rings is 1. The number of carbonyl (C=O) groups excluding carboxylic acids is 1. The highest BCUT2D eigenvalue weighted by atomic mass is 16.6. The number of amides is 1. The summed E-state index contributed by atoms with van der Waals surface area (Å²) in [7, 11) is 3.27. The maximum Gasteiger partial charge on any atom is 0.410 e. The molecule has 26 heavy (non-hydrogen) atoms. The highest BCUT2D eigenvalue weighted by Crippen LogP contribution is 2.33. The Kier molecular flexibility index (Phi) is 7.14. The van der Waals surface area contributed by atoms with Crippen LogP contribution in [0.15, 0.2) is 18.2 Å². The Hall–Kier alpha value is -1.95. The fraction of sp³-hybridized carbons (Fsp3) is 0.650. The first-order chi connectivity index (χ1) is 12.3. The molecule has 0 saturated heterocycles. The smallest absolute Gasteiger partial charge is 0.410 e. The van der Waals surface area contributed by atoms with Crippen LogP contribution in [0, 0.1) is 0 Å². The average molecular weight is 365 g/mol. The zero-order valence-corrected chi connectivity index (χ0v) is 16.5. The van der Waals surface area contributed by atoms with Crippen molar-refractivity contribution < 1.29 is 23.7 Å². The Labute approximate surface area is 156 Å². The highest BCUT2D eigenvalue weighted by Gasteiger charge is 2.40. The minimum atomic E-state index is -0.273. The predicted molar refractivity (Wildman–Crippen MR) is 99.8 cm³/mol. The van der Waals surface area contributed by atoms with E-state index in [2.05, 4.69) is 0 Å². The van der Waals surface area contributed by atoms with E-state index in [1.165, 1.54) is 0 Å². The lowest BCUT2D eigenvalue weighted by Crippen LogP contribution is -2.47. The van der Waals surface area contributed by atoms with Crippen LogP contribution in [0.3, 0.4) is 0 Å². The topological polar surface area (TPSA) is 57.2 Å². The van der Waals surface area contributed by atoms with E-state index < -0.39 is 0 Å². The maximum atomic E-state index is 12.6. The zero-order chi connectivity index (χ0) is 19.2. The third-order valence-corrected chi connectivity index (χ3v) is 4.13. The molecule has 6 nitrogen and oxygen atoms in total. The standard InChI is InChI=1S/C20H31NO5/c1-20(2,3)21(16-7-8-16)19(22)26-14-15-11-17(24-5)13-18(12-15)25-10-6-9-23-4/h11-13,16H,6-10,14H2,1-5H3. The Morgan fingerprint density at radius 2 is 1.81 bits per heavy atom. The third-order valence-electron chi connectivity index (χ3n) is 4.13. The molecule has 0 spiro atoms. The van der Waals surface area contributed by atoms with E-state index in [-0.39, 0.29) is 18.2 Å². The van der Waals surface area contributed by atoms with Gasteiger partial charge in [0.1, 0.15) is 18.1 Å². The molecule has 146 valence electrons. The van der Waals surface area contributed by atoms with Crippen LogP contribution < -0.4 is 9.47 Å². The second-order valence-electron chi connectivity index (χ2n) is 7.54. The van der Waals surface area contributed by atoms with E-state index in [4.69, 9.17) is 18.9 Å². The van der Waals surface area contributed by atoms with Gasteiger partial charge in [0.15, 0.2) is 0 Å². The van der Waals surface area contributed by atoms with E-state index in [1.54, 1.807) is 14.2 Å². The van der Waals surface area contributed by atoms with Gasteiger partial charge >= 0.3 is 6.09 Å². The summed E-state index contributed by atoms with van der Waals surface area (Å²) in [5.74, 6) is 1.37.